The van der Waals surface area contributed by atoms with Crippen molar-refractivity contribution in [2.45, 2.75) is 26.7 Å². The lowest BCUT2D eigenvalue weighted by Crippen LogP contribution is -2.03. The van der Waals surface area contributed by atoms with Crippen molar-refractivity contribution in [3.8, 4) is 0 Å². The van der Waals surface area contributed by atoms with Crippen molar-refractivity contribution in [3.05, 3.63) is 22.8 Å². The number of nitrogens with zero attached hydrogens (tertiary/aromatic N) is 8. The number of aryl methyl sites for hydroxylation is 4. The molecule has 4 aromatic rings. The molecule has 0 radical (unpaired) electrons. The number of hydrogen-bond acceptors (Lipinski definition) is 10. The van der Waals surface area contributed by atoms with Gasteiger partial charge in [0.1, 0.15) is 15.9 Å². The standard InChI is InChI=1S/C12H10N8OS/c1-5-9-11(21-19-17-9)8(16-13-5)4-3-7-10-12(22-20-18-10)6(2)14-15-7/h3-4H2,1-2H3. The van der Waals surface area contributed by atoms with Gasteiger partial charge in [0.05, 0.1) is 17.1 Å². The molecule has 0 spiro atoms. The van der Waals surface area contributed by atoms with E-state index in [1.54, 1.807) is 0 Å². The summed E-state index contributed by atoms with van der Waals surface area (Å²) in [5, 5.41) is 28.3. The van der Waals surface area contributed by atoms with Gasteiger partial charge in [-0.2, -0.15) is 20.4 Å². The Balaban J connectivity index is 1.69. The molecule has 0 aliphatic rings. The zero-order valence-corrected chi connectivity index (χ0v) is 12.6. The molecule has 10 heteroatoms. The third-order valence-electron chi connectivity index (χ3n) is 3.42. The van der Waals surface area contributed by atoms with Gasteiger partial charge in [0.2, 0.25) is 5.58 Å². The van der Waals surface area contributed by atoms with Gasteiger partial charge >= 0.3 is 0 Å². The molecule has 4 aromatic heterocycles. The van der Waals surface area contributed by atoms with Gasteiger partial charge in [0.15, 0.2) is 5.52 Å². The first-order valence-electron chi connectivity index (χ1n) is 6.62. The third-order valence-corrected chi connectivity index (χ3v) is 4.26. The van der Waals surface area contributed by atoms with E-state index in [9.17, 15) is 0 Å². The fraction of sp³-hybridized carbons (Fsp3) is 0.333. The van der Waals surface area contributed by atoms with Crippen molar-refractivity contribution in [2.24, 2.45) is 0 Å². The molecule has 0 unspecified atom stereocenters. The first kappa shape index (κ1) is 13.1. The molecular weight excluding hydrogens is 304 g/mol. The highest BCUT2D eigenvalue weighted by atomic mass is 32.1. The molecule has 0 saturated heterocycles. The summed E-state index contributed by atoms with van der Waals surface area (Å²) in [5.41, 5.74) is 5.03. The maximum absolute atomic E-state index is 5.18. The van der Waals surface area contributed by atoms with E-state index in [4.69, 9.17) is 4.52 Å². The van der Waals surface area contributed by atoms with Gasteiger partial charge in [-0.3, -0.25) is 0 Å². The van der Waals surface area contributed by atoms with Crippen molar-refractivity contribution >= 4 is 32.8 Å². The summed E-state index contributed by atoms with van der Waals surface area (Å²) in [7, 11) is 0. The molecule has 0 aliphatic heterocycles. The molecule has 110 valence electrons. The Labute approximate surface area is 127 Å². The second kappa shape index (κ2) is 4.98. The molecule has 0 N–H and O–H groups in total. The summed E-state index contributed by atoms with van der Waals surface area (Å²) in [6.07, 6.45) is 1.20. The SMILES string of the molecule is Cc1nnc(CCc2nnc(C)c3snnc23)c2onnc12. The van der Waals surface area contributed by atoms with Gasteiger partial charge in [-0.15, -0.1) is 10.2 Å². The van der Waals surface area contributed by atoms with E-state index in [0.717, 1.165) is 21.6 Å². The van der Waals surface area contributed by atoms with Crippen LogP contribution < -0.4 is 0 Å². The van der Waals surface area contributed by atoms with Crippen LogP contribution in [0.15, 0.2) is 4.52 Å². The lowest BCUT2D eigenvalue weighted by molar-refractivity contribution is 0.420. The van der Waals surface area contributed by atoms with E-state index >= 15 is 0 Å². The molecule has 9 nitrogen and oxygen atoms in total. The third kappa shape index (κ3) is 1.99. The predicted octanol–water partition coefficient (Wildman–Crippen LogP) is 1.21. The van der Waals surface area contributed by atoms with Crippen LogP contribution in [0, 0.1) is 13.8 Å². The van der Waals surface area contributed by atoms with Crippen molar-refractivity contribution in [3.63, 3.8) is 0 Å². The Kier molecular flexibility index (Phi) is 2.96. The molecule has 0 aromatic carbocycles. The van der Waals surface area contributed by atoms with Crippen molar-refractivity contribution in [1.82, 2.24) is 40.4 Å². The van der Waals surface area contributed by atoms with Crippen LogP contribution in [0.25, 0.3) is 21.3 Å². The van der Waals surface area contributed by atoms with E-state index in [0.29, 0.717) is 35.3 Å². The fourth-order valence-corrected chi connectivity index (χ4v) is 2.88. The van der Waals surface area contributed by atoms with Crippen LogP contribution in [0.4, 0.5) is 0 Å². The van der Waals surface area contributed by atoms with Gasteiger partial charge < -0.3 is 4.52 Å². The smallest absolute Gasteiger partial charge is 0.212 e. The van der Waals surface area contributed by atoms with Crippen LogP contribution >= 0.6 is 11.5 Å². The fourth-order valence-electron chi connectivity index (χ4n) is 2.26. The second-order valence-corrected chi connectivity index (χ2v) is 5.62. The first-order valence-corrected chi connectivity index (χ1v) is 7.40. The molecule has 0 amide bonds. The van der Waals surface area contributed by atoms with Gasteiger partial charge in [-0.1, -0.05) is 4.49 Å². The Morgan fingerprint density at radius 3 is 2.50 bits per heavy atom. The average Bonchev–Trinajstić information content (AvgIpc) is 3.18. The lowest BCUT2D eigenvalue weighted by Gasteiger charge is -2.02. The molecule has 4 heterocycles. The molecule has 22 heavy (non-hydrogen) atoms. The highest BCUT2D eigenvalue weighted by molar-refractivity contribution is 7.13. The number of fused-ring (bicyclic) bond motifs is 2. The monoisotopic (exact) mass is 314 g/mol. The minimum atomic E-state index is 0.570. The number of hydrogen-bond donors (Lipinski definition) is 0. The van der Waals surface area contributed by atoms with Crippen LogP contribution in [0.1, 0.15) is 22.8 Å². The Bertz CT molecular complexity index is 898. The summed E-state index contributed by atoms with van der Waals surface area (Å²) in [6.45, 7) is 3.72. The topological polar surface area (TPSA) is 116 Å². The van der Waals surface area contributed by atoms with E-state index in [-0.39, 0.29) is 0 Å². The first-order chi connectivity index (χ1) is 10.7. The van der Waals surface area contributed by atoms with E-state index in [2.05, 4.69) is 40.4 Å². The quantitative estimate of drug-likeness (QED) is 0.550. The summed E-state index contributed by atoms with van der Waals surface area (Å²) in [6, 6.07) is 0. The molecular formula is C12H10N8OS. The Morgan fingerprint density at radius 1 is 0.818 bits per heavy atom. The molecule has 0 atom stereocenters. The van der Waals surface area contributed by atoms with Crippen molar-refractivity contribution < 1.29 is 4.52 Å². The van der Waals surface area contributed by atoms with Crippen molar-refractivity contribution in [2.75, 3.05) is 0 Å². The van der Waals surface area contributed by atoms with E-state index in [1.165, 1.54) is 11.5 Å². The summed E-state index contributed by atoms with van der Waals surface area (Å²) in [5.74, 6) is 0. The van der Waals surface area contributed by atoms with Crippen LogP contribution in [0.3, 0.4) is 0 Å². The van der Waals surface area contributed by atoms with Crippen LogP contribution in [-0.4, -0.2) is 40.4 Å². The maximum atomic E-state index is 5.18. The second-order valence-electron chi connectivity index (χ2n) is 4.87. The Morgan fingerprint density at radius 2 is 1.59 bits per heavy atom. The maximum Gasteiger partial charge on any atom is 0.212 e. The largest absolute Gasteiger partial charge is 0.335 e. The zero-order chi connectivity index (χ0) is 15.1. The number of aromatic nitrogens is 8. The molecule has 0 aliphatic carbocycles. The summed E-state index contributed by atoms with van der Waals surface area (Å²) >= 11 is 1.33. The number of rotatable bonds is 3. The van der Waals surface area contributed by atoms with Crippen LogP contribution in [-0.2, 0) is 12.8 Å². The van der Waals surface area contributed by atoms with Crippen LogP contribution in [0.5, 0.6) is 0 Å². The van der Waals surface area contributed by atoms with E-state index < -0.39 is 0 Å². The average molecular weight is 314 g/mol. The summed E-state index contributed by atoms with van der Waals surface area (Å²) < 4.78 is 10.1. The molecule has 0 bridgehead atoms. The van der Waals surface area contributed by atoms with Gasteiger partial charge in [-0.05, 0) is 31.8 Å². The van der Waals surface area contributed by atoms with Gasteiger partial charge in [-0.25, -0.2) is 0 Å². The molecule has 4 rings (SSSR count). The molecule has 0 fully saturated rings. The molecule has 0 saturated carbocycles. The van der Waals surface area contributed by atoms with Crippen LogP contribution in [0.2, 0.25) is 0 Å². The van der Waals surface area contributed by atoms with E-state index in [1.807, 2.05) is 13.8 Å². The predicted molar refractivity (Wildman–Crippen MR) is 77.3 cm³/mol. The van der Waals surface area contributed by atoms with Gasteiger partial charge in [0.25, 0.3) is 0 Å². The lowest BCUT2D eigenvalue weighted by atomic mass is 10.1. The minimum absolute atomic E-state index is 0.570. The van der Waals surface area contributed by atoms with Gasteiger partial charge in [0, 0.05) is 11.7 Å². The normalized spacial score (nSPS) is 11.5. The highest BCUT2D eigenvalue weighted by Gasteiger charge is 2.15. The minimum Gasteiger partial charge on any atom is -0.335 e. The summed E-state index contributed by atoms with van der Waals surface area (Å²) in [4.78, 5) is 0. The van der Waals surface area contributed by atoms with Crippen molar-refractivity contribution in [1.29, 1.82) is 0 Å². The Hall–Kier alpha value is -2.62. The highest BCUT2D eigenvalue weighted by Crippen LogP contribution is 2.22. The zero-order valence-electron chi connectivity index (χ0n) is 11.8.